The van der Waals surface area contributed by atoms with Gasteiger partial charge < -0.3 is 30.9 Å². The second kappa shape index (κ2) is 9.24. The number of anilines is 1. The smallest absolute Gasteiger partial charge is 0.543 e. The van der Waals surface area contributed by atoms with Crippen LogP contribution in [0.2, 0.25) is 0 Å². The molecule has 4 N–H and O–H groups in total. The van der Waals surface area contributed by atoms with Crippen LogP contribution in [0.1, 0.15) is 12.1 Å². The molecule has 1 fully saturated rings. The van der Waals surface area contributed by atoms with E-state index in [9.17, 15) is 24.6 Å². The first-order valence-corrected chi connectivity index (χ1v) is 9.35. The van der Waals surface area contributed by atoms with E-state index in [4.69, 9.17) is 5.73 Å². The Morgan fingerprint density at radius 1 is 1.57 bits per heavy atom. The fraction of sp³-hybridized carbons (Fsp3) is 0.357. The van der Waals surface area contributed by atoms with Crippen LogP contribution in [0.25, 0.3) is 0 Å². The minimum absolute atomic E-state index is 0. The number of carbonyl (C=O) groups is 3. The summed E-state index contributed by atoms with van der Waals surface area (Å²) in [6.45, 7) is -0.682. The number of hydrogen-bond acceptors (Lipinski definition) is 11. The number of aromatic nitrogens is 1. The maximum Gasteiger partial charge on any atom is 1.00 e. The quantitative estimate of drug-likeness (QED) is 0.171. The Morgan fingerprint density at radius 2 is 2.29 bits per heavy atom. The molecular weight excluding hydrogens is 421 g/mol. The number of carboxylic acid groups (broad SMARTS) is 1. The number of β-lactam (4-membered cyclic amide) rings is 1. The molecule has 0 spiro atoms. The van der Waals surface area contributed by atoms with Crippen LogP contribution in [0.5, 0.6) is 0 Å². The van der Waals surface area contributed by atoms with Gasteiger partial charge in [0.25, 0.3) is 5.91 Å². The number of amides is 2. The van der Waals surface area contributed by atoms with Crippen molar-refractivity contribution in [3.05, 3.63) is 22.3 Å². The van der Waals surface area contributed by atoms with E-state index < -0.39 is 34.9 Å². The molecule has 2 aliphatic rings. The van der Waals surface area contributed by atoms with Gasteiger partial charge in [0.15, 0.2) is 10.8 Å². The van der Waals surface area contributed by atoms with Crippen molar-refractivity contribution in [3.8, 4) is 0 Å². The molecule has 1 aromatic rings. The minimum atomic E-state index is -1.60. The number of thioether (sulfide) groups is 1. The van der Waals surface area contributed by atoms with Gasteiger partial charge in [-0.05, 0) is 0 Å². The molecule has 28 heavy (non-hydrogen) atoms. The maximum atomic E-state index is 12.7. The van der Waals surface area contributed by atoms with E-state index in [1.807, 2.05) is 0 Å². The molecule has 11 nitrogen and oxygen atoms in total. The Labute approximate surface area is 189 Å². The first-order chi connectivity index (χ1) is 12.9. The zero-order chi connectivity index (χ0) is 19.7. The van der Waals surface area contributed by atoms with Crippen molar-refractivity contribution in [3.63, 3.8) is 0 Å². The molecule has 2 amide bonds. The van der Waals surface area contributed by atoms with Crippen LogP contribution < -0.4 is 45.7 Å². The number of oxime groups is 1. The summed E-state index contributed by atoms with van der Waals surface area (Å²) in [6.07, 6.45) is 0.119. The van der Waals surface area contributed by atoms with Gasteiger partial charge in [0, 0.05) is 11.0 Å². The first-order valence-electron chi connectivity index (χ1n) is 7.53. The van der Waals surface area contributed by atoms with E-state index in [0.29, 0.717) is 0 Å². The summed E-state index contributed by atoms with van der Waals surface area (Å²) in [6, 6.07) is 0. The van der Waals surface area contributed by atoms with Crippen LogP contribution in [-0.4, -0.2) is 63.0 Å². The molecular formula is C14H14N5NaO6S2. The third-order valence-electron chi connectivity index (χ3n) is 3.85. The number of aliphatic hydroxyl groups is 1. The van der Waals surface area contributed by atoms with E-state index in [2.05, 4.69) is 20.3 Å². The molecule has 1 saturated heterocycles. The van der Waals surface area contributed by atoms with Gasteiger partial charge in [0.1, 0.15) is 18.2 Å². The summed E-state index contributed by atoms with van der Waals surface area (Å²) < 4.78 is 0. The molecule has 2 aliphatic heterocycles. The minimum Gasteiger partial charge on any atom is -0.543 e. The van der Waals surface area contributed by atoms with Gasteiger partial charge in [-0.25, -0.2) is 4.98 Å². The van der Waals surface area contributed by atoms with E-state index >= 15 is 0 Å². The molecule has 0 radical (unpaired) electrons. The van der Waals surface area contributed by atoms with Gasteiger partial charge in [-0.1, -0.05) is 5.16 Å². The number of nitrogens with zero attached hydrogens (tertiary/aromatic N) is 3. The number of aliphatic carboxylic acids is 1. The van der Waals surface area contributed by atoms with E-state index in [1.165, 1.54) is 12.5 Å². The summed E-state index contributed by atoms with van der Waals surface area (Å²) in [5.41, 5.74) is 5.12. The predicted octanol–water partition coefficient (Wildman–Crippen LogP) is -5.18. The Kier molecular flexibility index (Phi) is 7.47. The van der Waals surface area contributed by atoms with Crippen LogP contribution in [-0.2, 0) is 19.2 Å². The number of fused-ring (bicyclic) bond motifs is 1. The number of thiazole rings is 1. The number of nitrogens with one attached hydrogen (secondary N) is 1. The summed E-state index contributed by atoms with van der Waals surface area (Å²) in [4.78, 5) is 45.6. The SMILES string of the molecule is CO/N=C(\C(=O)NC1S[C@@H]2CC(=O)N2C(C(=O)[O-])=C1CO)c1csc(N)n1.[Na+]. The van der Waals surface area contributed by atoms with E-state index in [-0.39, 0.29) is 64.0 Å². The summed E-state index contributed by atoms with van der Waals surface area (Å²) in [5, 5.41) is 27.7. The van der Waals surface area contributed by atoms with Gasteiger partial charge in [-0.2, -0.15) is 0 Å². The summed E-state index contributed by atoms with van der Waals surface area (Å²) in [5.74, 6) is -2.70. The predicted molar refractivity (Wildman–Crippen MR) is 94.0 cm³/mol. The normalized spacial score (nSPS) is 21.4. The number of nitrogens with two attached hydrogens (primary N) is 1. The standard InChI is InChI=1S/C14H15N5O6S2.Na/c1-25-18-9(6-4-26-14(15)16-6)11(22)17-12-5(3-20)10(13(23)24)19-7(21)2-8(19)27-12;/h4,8,12,20H,2-3H2,1H3,(H2,15,16)(H,17,22)(H,23,24);/q;+1/p-1/b18-9-;/t8-,12?;/m1./s1. The maximum absolute atomic E-state index is 12.7. The monoisotopic (exact) mass is 435 g/mol. The Balaban J connectivity index is 0.00000280. The third-order valence-corrected chi connectivity index (χ3v) is 5.89. The number of rotatable bonds is 6. The Bertz CT molecular complexity index is 872. The van der Waals surface area contributed by atoms with Crippen LogP contribution >= 0.6 is 23.1 Å². The zero-order valence-corrected chi connectivity index (χ0v) is 18.5. The van der Waals surface area contributed by atoms with Crippen molar-refractivity contribution < 1.29 is 59.0 Å². The van der Waals surface area contributed by atoms with Gasteiger partial charge in [0.2, 0.25) is 5.91 Å². The van der Waals surface area contributed by atoms with Crippen LogP contribution in [0.4, 0.5) is 5.13 Å². The van der Waals surface area contributed by atoms with Crippen LogP contribution in [0, 0.1) is 0 Å². The molecule has 0 saturated carbocycles. The molecule has 0 bridgehead atoms. The van der Waals surface area contributed by atoms with Crippen molar-refractivity contribution >= 4 is 51.7 Å². The number of carboxylic acids is 1. The number of nitrogen functional groups attached to an aromatic ring is 1. The molecule has 0 aliphatic carbocycles. The van der Waals surface area contributed by atoms with Gasteiger partial charge in [-0.3, -0.25) is 14.5 Å². The Hall–Kier alpha value is -1.64. The van der Waals surface area contributed by atoms with Crippen LogP contribution in [0.15, 0.2) is 21.8 Å². The van der Waals surface area contributed by atoms with Crippen molar-refractivity contribution in [2.75, 3.05) is 19.5 Å². The molecule has 3 rings (SSSR count). The largest absolute Gasteiger partial charge is 1.00 e. The third kappa shape index (κ3) is 4.18. The van der Waals surface area contributed by atoms with Crippen molar-refractivity contribution in [2.24, 2.45) is 5.16 Å². The van der Waals surface area contributed by atoms with Gasteiger partial charge >= 0.3 is 29.6 Å². The fourth-order valence-corrected chi connectivity index (χ4v) is 4.64. The summed E-state index contributed by atoms with van der Waals surface area (Å²) in [7, 11) is 1.25. The second-order valence-electron chi connectivity index (χ2n) is 5.42. The molecule has 144 valence electrons. The van der Waals surface area contributed by atoms with Crippen LogP contribution in [0.3, 0.4) is 0 Å². The number of carbonyl (C=O) groups excluding carboxylic acids is 3. The summed E-state index contributed by atoms with van der Waals surface area (Å²) >= 11 is 2.24. The molecule has 0 aromatic carbocycles. The molecule has 14 heteroatoms. The topological polar surface area (TPSA) is 170 Å². The second-order valence-corrected chi connectivity index (χ2v) is 7.60. The van der Waals surface area contributed by atoms with Crippen molar-refractivity contribution in [1.82, 2.24) is 15.2 Å². The number of aliphatic hydroxyl groups excluding tert-OH is 1. The van der Waals surface area contributed by atoms with E-state index in [1.54, 1.807) is 0 Å². The molecule has 1 unspecified atom stereocenters. The number of hydrogen-bond donors (Lipinski definition) is 3. The van der Waals surface area contributed by atoms with Crippen molar-refractivity contribution in [1.29, 1.82) is 0 Å². The van der Waals surface area contributed by atoms with E-state index in [0.717, 1.165) is 28.0 Å². The molecule has 1 aromatic heterocycles. The average molecular weight is 435 g/mol. The zero-order valence-electron chi connectivity index (χ0n) is 14.9. The average Bonchev–Trinajstić information content (AvgIpc) is 3.04. The van der Waals surface area contributed by atoms with Gasteiger partial charge in [0.05, 0.1) is 30.1 Å². The van der Waals surface area contributed by atoms with Gasteiger partial charge in [-0.15, -0.1) is 23.1 Å². The fourth-order valence-electron chi connectivity index (χ4n) is 2.67. The first kappa shape index (κ1) is 22.6. The molecule has 2 atom stereocenters. The molecule has 3 heterocycles. The Morgan fingerprint density at radius 3 is 2.79 bits per heavy atom. The van der Waals surface area contributed by atoms with Crippen molar-refractivity contribution in [2.45, 2.75) is 17.2 Å².